The number of hydrogen-bond donors (Lipinski definition) is 2. The van der Waals surface area contributed by atoms with Crippen molar-refractivity contribution in [2.24, 2.45) is 5.73 Å². The van der Waals surface area contributed by atoms with E-state index in [9.17, 15) is 4.79 Å². The topological polar surface area (TPSA) is 55.1 Å². The Hall–Kier alpha value is -1.35. The maximum atomic E-state index is 11.7. The molecule has 3 N–H and O–H groups in total. The van der Waals surface area contributed by atoms with Gasteiger partial charge in [0, 0.05) is 6.54 Å². The molecule has 0 saturated heterocycles. The summed E-state index contributed by atoms with van der Waals surface area (Å²) < 4.78 is 0. The van der Waals surface area contributed by atoms with Crippen LogP contribution in [-0.4, -0.2) is 18.0 Å². The van der Waals surface area contributed by atoms with Crippen LogP contribution in [-0.2, 0) is 11.2 Å². The molecule has 0 bridgehead atoms. The van der Waals surface area contributed by atoms with Crippen LogP contribution in [0, 0.1) is 0 Å². The molecule has 1 fully saturated rings. The molecule has 3 heteroatoms. The van der Waals surface area contributed by atoms with Crippen molar-refractivity contribution < 1.29 is 4.79 Å². The summed E-state index contributed by atoms with van der Waals surface area (Å²) >= 11 is 0. The third-order valence-corrected chi connectivity index (χ3v) is 3.24. The molecule has 2 rings (SSSR count). The second-order valence-corrected chi connectivity index (χ2v) is 4.50. The molecule has 86 valence electrons. The number of amides is 1. The third kappa shape index (κ3) is 2.42. The van der Waals surface area contributed by atoms with Crippen molar-refractivity contribution in [3.63, 3.8) is 0 Å². The highest BCUT2D eigenvalue weighted by Gasteiger charge is 2.39. The monoisotopic (exact) mass is 218 g/mol. The highest BCUT2D eigenvalue weighted by Crippen LogP contribution is 2.28. The minimum Gasteiger partial charge on any atom is -0.354 e. The zero-order chi connectivity index (χ0) is 11.4. The Morgan fingerprint density at radius 3 is 2.56 bits per heavy atom. The molecule has 0 aliphatic heterocycles. The Kier molecular flexibility index (Phi) is 3.25. The van der Waals surface area contributed by atoms with Crippen LogP contribution in [0.2, 0.25) is 0 Å². The lowest BCUT2D eigenvalue weighted by Crippen LogP contribution is -2.58. The highest BCUT2D eigenvalue weighted by molar-refractivity contribution is 5.86. The van der Waals surface area contributed by atoms with Crippen molar-refractivity contribution in [1.82, 2.24) is 5.32 Å². The van der Waals surface area contributed by atoms with Gasteiger partial charge in [-0.15, -0.1) is 0 Å². The van der Waals surface area contributed by atoms with E-state index in [1.54, 1.807) is 0 Å². The van der Waals surface area contributed by atoms with Gasteiger partial charge in [-0.3, -0.25) is 4.79 Å². The molecule has 0 aromatic heterocycles. The van der Waals surface area contributed by atoms with E-state index in [0.29, 0.717) is 6.54 Å². The van der Waals surface area contributed by atoms with Gasteiger partial charge in [-0.2, -0.15) is 0 Å². The summed E-state index contributed by atoms with van der Waals surface area (Å²) in [5.41, 5.74) is 6.58. The number of nitrogens with one attached hydrogen (secondary N) is 1. The molecule has 0 heterocycles. The molecule has 3 nitrogen and oxygen atoms in total. The van der Waals surface area contributed by atoms with Crippen LogP contribution in [0.3, 0.4) is 0 Å². The molecule has 1 aromatic carbocycles. The Morgan fingerprint density at radius 2 is 2.00 bits per heavy atom. The predicted octanol–water partition coefficient (Wildman–Crippen LogP) is 1.23. The summed E-state index contributed by atoms with van der Waals surface area (Å²) in [5.74, 6) is 0.00896. The normalized spacial score (nSPS) is 17.6. The van der Waals surface area contributed by atoms with Gasteiger partial charge in [0.15, 0.2) is 0 Å². The number of nitrogens with two attached hydrogens (primary N) is 1. The van der Waals surface area contributed by atoms with Gasteiger partial charge >= 0.3 is 0 Å². The second kappa shape index (κ2) is 4.66. The quantitative estimate of drug-likeness (QED) is 0.798. The maximum Gasteiger partial charge on any atom is 0.240 e. The summed E-state index contributed by atoms with van der Waals surface area (Å²) in [6, 6.07) is 10.1. The van der Waals surface area contributed by atoms with Crippen molar-refractivity contribution in [3.8, 4) is 0 Å². The predicted molar refractivity (Wildman–Crippen MR) is 63.9 cm³/mol. The molecule has 0 radical (unpaired) electrons. The average Bonchev–Trinajstić information content (AvgIpc) is 2.27. The van der Waals surface area contributed by atoms with Gasteiger partial charge in [0.05, 0.1) is 5.54 Å². The fraction of sp³-hybridized carbons (Fsp3) is 0.462. The molecule has 16 heavy (non-hydrogen) atoms. The van der Waals surface area contributed by atoms with Crippen molar-refractivity contribution in [1.29, 1.82) is 0 Å². The first-order valence-electron chi connectivity index (χ1n) is 5.82. The van der Waals surface area contributed by atoms with Crippen molar-refractivity contribution in [2.75, 3.05) is 6.54 Å². The molecule has 1 aliphatic carbocycles. The first-order valence-corrected chi connectivity index (χ1v) is 5.82. The van der Waals surface area contributed by atoms with Gasteiger partial charge in [-0.05, 0) is 31.2 Å². The van der Waals surface area contributed by atoms with Crippen LogP contribution in [0.15, 0.2) is 30.3 Å². The van der Waals surface area contributed by atoms with Crippen LogP contribution in [0.4, 0.5) is 0 Å². The number of carbonyl (C=O) groups excluding carboxylic acids is 1. The summed E-state index contributed by atoms with van der Waals surface area (Å²) in [7, 11) is 0. The standard InChI is InChI=1S/C13H18N2O/c14-13(8-4-9-13)12(16)15-10-7-11-5-2-1-3-6-11/h1-3,5-6H,4,7-10,14H2,(H,15,16). The van der Waals surface area contributed by atoms with Crippen LogP contribution < -0.4 is 11.1 Å². The fourth-order valence-electron chi connectivity index (χ4n) is 1.93. The fourth-order valence-corrected chi connectivity index (χ4v) is 1.93. The summed E-state index contributed by atoms with van der Waals surface area (Å²) in [4.78, 5) is 11.7. The second-order valence-electron chi connectivity index (χ2n) is 4.50. The summed E-state index contributed by atoms with van der Waals surface area (Å²) in [5, 5.41) is 2.91. The van der Waals surface area contributed by atoms with Crippen molar-refractivity contribution >= 4 is 5.91 Å². The van der Waals surface area contributed by atoms with E-state index in [4.69, 9.17) is 5.73 Å². The van der Waals surface area contributed by atoms with Crippen LogP contribution >= 0.6 is 0 Å². The zero-order valence-electron chi connectivity index (χ0n) is 9.41. The number of rotatable bonds is 4. The molecule has 1 amide bonds. The Labute approximate surface area is 96.0 Å². The van der Waals surface area contributed by atoms with Crippen LogP contribution in [0.1, 0.15) is 24.8 Å². The summed E-state index contributed by atoms with van der Waals surface area (Å²) in [6.07, 6.45) is 3.58. The minimum atomic E-state index is -0.573. The minimum absolute atomic E-state index is 0.00896. The Morgan fingerprint density at radius 1 is 1.31 bits per heavy atom. The SMILES string of the molecule is NC1(C(=O)NCCc2ccccc2)CCC1. The first kappa shape index (κ1) is 11.1. The van der Waals surface area contributed by atoms with Gasteiger partial charge in [0.1, 0.15) is 0 Å². The van der Waals surface area contributed by atoms with Crippen LogP contribution in [0.5, 0.6) is 0 Å². The smallest absolute Gasteiger partial charge is 0.240 e. The van der Waals surface area contributed by atoms with Crippen LogP contribution in [0.25, 0.3) is 0 Å². The van der Waals surface area contributed by atoms with E-state index < -0.39 is 5.54 Å². The zero-order valence-corrected chi connectivity index (χ0v) is 9.41. The lowest BCUT2D eigenvalue weighted by atomic mass is 9.77. The van der Waals surface area contributed by atoms with Crippen molar-refractivity contribution in [3.05, 3.63) is 35.9 Å². The molecule has 1 saturated carbocycles. The average molecular weight is 218 g/mol. The van der Waals surface area contributed by atoms with Gasteiger partial charge in [-0.1, -0.05) is 30.3 Å². The highest BCUT2D eigenvalue weighted by atomic mass is 16.2. The Balaban J connectivity index is 1.74. The van der Waals surface area contributed by atoms with Crippen molar-refractivity contribution in [2.45, 2.75) is 31.2 Å². The van der Waals surface area contributed by atoms with E-state index in [2.05, 4.69) is 17.4 Å². The maximum absolute atomic E-state index is 11.7. The molecular formula is C13H18N2O. The lowest BCUT2D eigenvalue weighted by molar-refractivity contribution is -0.129. The molecule has 0 unspecified atom stereocenters. The van der Waals surface area contributed by atoms with Gasteiger partial charge in [0.2, 0.25) is 5.91 Å². The van der Waals surface area contributed by atoms with Gasteiger partial charge in [-0.25, -0.2) is 0 Å². The summed E-state index contributed by atoms with van der Waals surface area (Å²) in [6.45, 7) is 0.668. The number of benzene rings is 1. The Bertz CT molecular complexity index is 357. The van der Waals surface area contributed by atoms with E-state index in [1.165, 1.54) is 5.56 Å². The molecule has 0 spiro atoms. The molecule has 0 atom stereocenters. The van der Waals surface area contributed by atoms with E-state index in [1.807, 2.05) is 18.2 Å². The molecule has 1 aliphatic rings. The lowest BCUT2D eigenvalue weighted by Gasteiger charge is -2.36. The van der Waals surface area contributed by atoms with E-state index >= 15 is 0 Å². The first-order chi connectivity index (χ1) is 7.71. The third-order valence-electron chi connectivity index (χ3n) is 3.24. The van der Waals surface area contributed by atoms with Gasteiger partial charge < -0.3 is 11.1 Å². The molecular weight excluding hydrogens is 200 g/mol. The molecule has 1 aromatic rings. The number of hydrogen-bond acceptors (Lipinski definition) is 2. The van der Waals surface area contributed by atoms with Gasteiger partial charge in [0.25, 0.3) is 0 Å². The van der Waals surface area contributed by atoms with E-state index in [-0.39, 0.29) is 5.91 Å². The largest absolute Gasteiger partial charge is 0.354 e. The number of carbonyl (C=O) groups is 1. The van der Waals surface area contributed by atoms with E-state index in [0.717, 1.165) is 25.7 Å².